The van der Waals surface area contributed by atoms with Crippen LogP contribution in [0.5, 0.6) is 5.75 Å². The fourth-order valence-electron chi connectivity index (χ4n) is 3.74. The minimum Gasteiger partial charge on any atom is -0.489 e. The smallest absolute Gasteiger partial charge is 0.138 e. The molecule has 0 saturated heterocycles. The normalized spacial score (nSPS) is 12.9. The summed E-state index contributed by atoms with van der Waals surface area (Å²) in [7, 11) is 0. The van der Waals surface area contributed by atoms with Gasteiger partial charge in [0.15, 0.2) is 0 Å². The number of aliphatic hydroxyl groups is 1. The number of hydrogen-bond acceptors (Lipinski definition) is 4. The van der Waals surface area contributed by atoms with E-state index in [9.17, 15) is 5.11 Å². The number of aromatic nitrogens is 2. The zero-order chi connectivity index (χ0) is 24.2. The third-order valence-corrected chi connectivity index (χ3v) is 5.92. The molecule has 2 aromatic carbocycles. The molecule has 1 heterocycles. The van der Waals surface area contributed by atoms with Gasteiger partial charge in [-0.15, -0.1) is 0 Å². The maximum absolute atomic E-state index is 10.2. The van der Waals surface area contributed by atoms with Gasteiger partial charge in [-0.1, -0.05) is 48.9 Å². The number of aryl methyl sites for hydroxylation is 1. The van der Waals surface area contributed by atoms with Gasteiger partial charge in [0.25, 0.3) is 0 Å². The fourth-order valence-corrected chi connectivity index (χ4v) is 3.99. The lowest BCUT2D eigenvalue weighted by molar-refractivity contribution is 0.0696. The van der Waals surface area contributed by atoms with Gasteiger partial charge >= 0.3 is 0 Å². The highest BCUT2D eigenvalue weighted by atomic mass is 35.5. The number of nitrogens with zero attached hydrogens (tertiary/aromatic N) is 1. The molecular formula is C27H36ClN3O2. The third-order valence-electron chi connectivity index (χ3n) is 5.62. The minimum atomic E-state index is -0.991. The van der Waals surface area contributed by atoms with Crippen LogP contribution in [0.4, 0.5) is 0 Å². The summed E-state index contributed by atoms with van der Waals surface area (Å²) in [6, 6.07) is 14.9. The zero-order valence-electron chi connectivity index (χ0n) is 20.5. The van der Waals surface area contributed by atoms with E-state index in [0.29, 0.717) is 16.9 Å². The van der Waals surface area contributed by atoms with Gasteiger partial charge in [-0.05, 0) is 70.7 Å². The van der Waals surface area contributed by atoms with E-state index in [1.54, 1.807) is 13.8 Å². The van der Waals surface area contributed by atoms with E-state index in [4.69, 9.17) is 16.3 Å². The summed E-state index contributed by atoms with van der Waals surface area (Å²) in [6.07, 6.45) is 2.06. The maximum atomic E-state index is 10.2. The van der Waals surface area contributed by atoms with Gasteiger partial charge in [0.05, 0.1) is 16.8 Å². The molecule has 0 unspecified atom stereocenters. The average molecular weight is 470 g/mol. The molecule has 1 aromatic heterocycles. The van der Waals surface area contributed by atoms with Crippen molar-refractivity contribution >= 4 is 11.6 Å². The van der Waals surface area contributed by atoms with Crippen molar-refractivity contribution in [3.8, 4) is 17.0 Å². The predicted octanol–water partition coefficient (Wildman–Crippen LogP) is 6.16. The lowest BCUT2D eigenvalue weighted by Crippen LogP contribution is -2.30. The van der Waals surface area contributed by atoms with Crippen molar-refractivity contribution in [2.24, 2.45) is 0 Å². The molecule has 3 N–H and O–H groups in total. The van der Waals surface area contributed by atoms with E-state index in [1.807, 2.05) is 32.9 Å². The molecule has 3 rings (SSSR count). The van der Waals surface area contributed by atoms with Crippen LogP contribution in [-0.2, 0) is 18.6 Å². The molecule has 0 saturated carbocycles. The van der Waals surface area contributed by atoms with Crippen molar-refractivity contribution in [1.29, 1.82) is 0 Å². The lowest BCUT2D eigenvalue weighted by Gasteiger charge is -2.18. The average Bonchev–Trinajstić information content (AvgIpc) is 3.15. The first kappa shape index (κ1) is 25.3. The van der Waals surface area contributed by atoms with Crippen LogP contribution in [0.25, 0.3) is 11.3 Å². The molecule has 0 aliphatic heterocycles. The second-order valence-corrected chi connectivity index (χ2v) is 9.84. The summed E-state index contributed by atoms with van der Waals surface area (Å²) >= 11 is 6.38. The van der Waals surface area contributed by atoms with Crippen LogP contribution in [0.1, 0.15) is 63.7 Å². The molecule has 33 heavy (non-hydrogen) atoms. The topological polar surface area (TPSA) is 70.2 Å². The van der Waals surface area contributed by atoms with Gasteiger partial charge in [0, 0.05) is 23.8 Å². The molecule has 178 valence electrons. The summed E-state index contributed by atoms with van der Waals surface area (Å²) < 4.78 is 5.72. The number of imidazole rings is 1. The first-order chi connectivity index (χ1) is 15.6. The van der Waals surface area contributed by atoms with Crippen LogP contribution in [0.15, 0.2) is 42.5 Å². The Balaban J connectivity index is 1.62. The van der Waals surface area contributed by atoms with Crippen LogP contribution >= 0.6 is 11.6 Å². The van der Waals surface area contributed by atoms with Gasteiger partial charge in [-0.3, -0.25) is 0 Å². The Bertz CT molecular complexity index is 1050. The Kier molecular flexibility index (Phi) is 8.22. The summed E-state index contributed by atoms with van der Waals surface area (Å²) in [6.45, 7) is 12.4. The Hall–Kier alpha value is -2.34. The first-order valence-electron chi connectivity index (χ1n) is 11.6. The van der Waals surface area contributed by atoms with Crippen molar-refractivity contribution in [1.82, 2.24) is 15.3 Å². The van der Waals surface area contributed by atoms with E-state index in [0.717, 1.165) is 47.7 Å². The van der Waals surface area contributed by atoms with Crippen LogP contribution in [0.3, 0.4) is 0 Å². The Morgan fingerprint density at radius 3 is 2.33 bits per heavy atom. The molecule has 1 atom stereocenters. The van der Waals surface area contributed by atoms with Crippen molar-refractivity contribution in [2.75, 3.05) is 0 Å². The highest BCUT2D eigenvalue weighted by molar-refractivity contribution is 6.32. The van der Waals surface area contributed by atoms with E-state index >= 15 is 0 Å². The molecule has 0 aliphatic carbocycles. The van der Waals surface area contributed by atoms with Crippen LogP contribution in [0, 0.1) is 6.92 Å². The standard InChI is InChI=1S/C27H36ClN3O2/c1-7-22(29-16-20-10-13-24(23(28)15-20)33-17(2)3)14-19-8-11-21(12-9-19)25-18(4)30-26(31-25)27(5,6)32/h8-13,15,17,22,29,32H,7,14,16H2,1-6H3,(H,30,31)/t22-/m0/s1. The molecule has 0 bridgehead atoms. The van der Waals surface area contributed by atoms with Crippen molar-refractivity contribution in [3.05, 3.63) is 70.1 Å². The summed E-state index contributed by atoms with van der Waals surface area (Å²) in [5, 5.41) is 14.5. The molecule has 0 amide bonds. The van der Waals surface area contributed by atoms with Crippen LogP contribution < -0.4 is 10.1 Å². The summed E-state index contributed by atoms with van der Waals surface area (Å²) in [5.41, 5.74) is 4.30. The van der Waals surface area contributed by atoms with Gasteiger partial charge in [-0.2, -0.15) is 0 Å². The second-order valence-electron chi connectivity index (χ2n) is 9.44. The largest absolute Gasteiger partial charge is 0.489 e. The Morgan fingerprint density at radius 1 is 1.12 bits per heavy atom. The SMILES string of the molecule is CC[C@@H](Cc1ccc(-c2nc(C(C)(C)O)[nH]c2C)cc1)NCc1ccc(OC(C)C)c(Cl)c1. The number of halogens is 1. The number of H-pyrrole nitrogens is 1. The molecule has 0 fully saturated rings. The summed E-state index contributed by atoms with van der Waals surface area (Å²) in [4.78, 5) is 7.81. The molecule has 3 aromatic rings. The molecular weight excluding hydrogens is 434 g/mol. The predicted molar refractivity (Wildman–Crippen MR) is 136 cm³/mol. The highest BCUT2D eigenvalue weighted by Gasteiger charge is 2.22. The fraction of sp³-hybridized carbons (Fsp3) is 0.444. The lowest BCUT2D eigenvalue weighted by atomic mass is 10.0. The quantitative estimate of drug-likeness (QED) is 0.332. The Morgan fingerprint density at radius 2 is 1.79 bits per heavy atom. The molecule has 0 radical (unpaired) electrons. The molecule has 0 spiro atoms. The number of hydrogen-bond donors (Lipinski definition) is 3. The van der Waals surface area contributed by atoms with Crippen LogP contribution in [0.2, 0.25) is 5.02 Å². The number of nitrogens with one attached hydrogen (secondary N) is 2. The zero-order valence-corrected chi connectivity index (χ0v) is 21.3. The van der Waals surface area contributed by atoms with Crippen molar-refractivity contribution in [2.45, 2.75) is 78.7 Å². The molecule has 5 nitrogen and oxygen atoms in total. The van der Waals surface area contributed by atoms with Crippen LogP contribution in [-0.4, -0.2) is 27.2 Å². The van der Waals surface area contributed by atoms with E-state index in [2.05, 4.69) is 52.5 Å². The van der Waals surface area contributed by atoms with Gasteiger partial charge in [-0.25, -0.2) is 4.98 Å². The molecule has 6 heteroatoms. The second kappa shape index (κ2) is 10.7. The highest BCUT2D eigenvalue weighted by Crippen LogP contribution is 2.27. The van der Waals surface area contributed by atoms with E-state index < -0.39 is 5.60 Å². The minimum absolute atomic E-state index is 0.0999. The first-order valence-corrected chi connectivity index (χ1v) is 12.0. The van der Waals surface area contributed by atoms with E-state index in [-0.39, 0.29) is 6.10 Å². The number of aromatic amines is 1. The van der Waals surface area contributed by atoms with Crippen molar-refractivity contribution in [3.63, 3.8) is 0 Å². The number of ether oxygens (including phenoxy) is 1. The Labute approximate surface area is 202 Å². The number of rotatable bonds is 10. The van der Waals surface area contributed by atoms with Gasteiger partial charge in [0.2, 0.25) is 0 Å². The van der Waals surface area contributed by atoms with Crippen molar-refractivity contribution < 1.29 is 9.84 Å². The van der Waals surface area contributed by atoms with Gasteiger partial charge < -0.3 is 20.1 Å². The monoisotopic (exact) mass is 469 g/mol. The molecule has 0 aliphatic rings. The maximum Gasteiger partial charge on any atom is 0.138 e. The third kappa shape index (κ3) is 6.83. The number of benzene rings is 2. The summed E-state index contributed by atoms with van der Waals surface area (Å²) in [5.74, 6) is 1.31. The van der Waals surface area contributed by atoms with Gasteiger partial charge in [0.1, 0.15) is 17.2 Å². The van der Waals surface area contributed by atoms with E-state index in [1.165, 1.54) is 5.56 Å².